The summed E-state index contributed by atoms with van der Waals surface area (Å²) in [4.78, 5) is 70.6. The number of hydrogen-bond donors (Lipinski definition) is 4. The number of hydrogen-bond acceptors (Lipinski definition) is 14. The molecule has 0 bridgehead atoms. The summed E-state index contributed by atoms with van der Waals surface area (Å²) in [5.74, 6) is -1.89. The van der Waals surface area contributed by atoms with E-state index < -0.39 is 36.0 Å². The van der Waals surface area contributed by atoms with Gasteiger partial charge in [0, 0.05) is 24.6 Å². The fraction of sp³-hybridized carbons (Fsp3) is 0.464. The van der Waals surface area contributed by atoms with Gasteiger partial charge in [-0.25, -0.2) is 39.6 Å². The molecule has 0 fully saturated rings. The van der Waals surface area contributed by atoms with Gasteiger partial charge < -0.3 is 29.8 Å². The van der Waals surface area contributed by atoms with E-state index >= 15 is 0 Å². The molecule has 5 N–H and O–H groups in total. The van der Waals surface area contributed by atoms with Crippen LogP contribution in [0, 0.1) is 21.6 Å². The Morgan fingerprint density at radius 2 is 1.28 bits per heavy atom. The van der Waals surface area contributed by atoms with Crippen molar-refractivity contribution in [2.24, 2.45) is 16.6 Å². The van der Waals surface area contributed by atoms with Crippen LogP contribution in [0.1, 0.15) is 40.5 Å². The molecule has 43 heavy (non-hydrogen) atoms. The lowest BCUT2D eigenvalue weighted by atomic mass is 9.77. The van der Waals surface area contributed by atoms with Crippen LogP contribution in [-0.2, 0) is 47.7 Å². The van der Waals surface area contributed by atoms with Gasteiger partial charge in [-0.3, -0.25) is 4.79 Å². The molecular weight excluding hydrogens is 570 g/mol. The maximum absolute atomic E-state index is 11.1. The molecule has 1 rings (SSSR count). The number of rotatable bonds is 11. The number of carbonyl (C=O) groups is 5. The van der Waals surface area contributed by atoms with Crippen LogP contribution in [-0.4, -0.2) is 80.1 Å². The van der Waals surface area contributed by atoms with Gasteiger partial charge in [0.15, 0.2) is 5.78 Å². The second-order valence-electron chi connectivity index (χ2n) is 9.02. The molecule has 0 spiro atoms. The van der Waals surface area contributed by atoms with E-state index in [0.29, 0.717) is 13.0 Å². The molecule has 240 valence electrons. The van der Waals surface area contributed by atoms with Crippen molar-refractivity contribution in [1.82, 2.24) is 0 Å². The van der Waals surface area contributed by atoms with Crippen LogP contribution in [0.2, 0.25) is 0 Å². The number of ketones is 1. The Morgan fingerprint density at radius 3 is 1.47 bits per heavy atom. The predicted molar refractivity (Wildman–Crippen MR) is 153 cm³/mol. The number of primary amides is 1. The summed E-state index contributed by atoms with van der Waals surface area (Å²) in [6.45, 7) is 16.5. The molecule has 0 aliphatic heterocycles. The zero-order valence-electron chi connectivity index (χ0n) is 24.9. The topological polar surface area (TPSA) is 250 Å². The fourth-order valence-electron chi connectivity index (χ4n) is 2.92. The number of esters is 3. The van der Waals surface area contributed by atoms with E-state index in [9.17, 15) is 29.1 Å². The zero-order valence-corrected chi connectivity index (χ0v) is 24.9. The maximum atomic E-state index is 11.1. The summed E-state index contributed by atoms with van der Waals surface area (Å²) in [7, 11) is 0. The molecule has 1 aliphatic rings. The quantitative estimate of drug-likeness (QED) is 0.0864. The van der Waals surface area contributed by atoms with Crippen molar-refractivity contribution in [3.63, 3.8) is 0 Å². The van der Waals surface area contributed by atoms with Crippen molar-refractivity contribution >= 4 is 41.9 Å². The first-order valence-corrected chi connectivity index (χ1v) is 12.2. The van der Waals surface area contributed by atoms with Crippen LogP contribution in [0.3, 0.4) is 0 Å². The standard InChI is InChI=1S/C14H18O7.C9H14O.C3H7NO2.2CHNO/c1-4-11(16)19-8-14(7-15,9-20-12(17)5-2)10-21-13(18)6-3;1-7-4-8(10)6-9(2,3)5-7;1-2-6-3(4)5;2*2-1-3/h4-6,15H,1-3,7-10H2;4H,5-6H2,1-3H3;2H2,1H3,(H2,4,5);2*2H. The van der Waals surface area contributed by atoms with E-state index in [0.717, 1.165) is 36.8 Å². The van der Waals surface area contributed by atoms with Gasteiger partial charge in [-0.15, -0.1) is 0 Å². The Balaban J connectivity index is -0.000000282. The first kappa shape index (κ1) is 45.0. The molecule has 15 nitrogen and oxygen atoms in total. The second kappa shape index (κ2) is 27.2. The van der Waals surface area contributed by atoms with Crippen molar-refractivity contribution in [1.29, 1.82) is 10.8 Å². The molecule has 0 radical (unpaired) electrons. The highest BCUT2D eigenvalue weighted by molar-refractivity contribution is 5.91. The van der Waals surface area contributed by atoms with E-state index in [4.69, 9.17) is 34.6 Å². The highest BCUT2D eigenvalue weighted by Gasteiger charge is 2.35. The normalized spacial score (nSPS) is 12.0. The third-order valence-electron chi connectivity index (χ3n) is 4.50. The molecule has 0 saturated carbocycles. The lowest BCUT2D eigenvalue weighted by Crippen LogP contribution is -2.42. The minimum absolute atomic E-state index is 0.204. The van der Waals surface area contributed by atoms with E-state index in [2.05, 4.69) is 44.1 Å². The number of aliphatic hydroxyl groups is 1. The number of carbonyl (C=O) groups excluding carboxylic acids is 7. The van der Waals surface area contributed by atoms with Crippen molar-refractivity contribution in [3.05, 3.63) is 49.6 Å². The lowest BCUT2D eigenvalue weighted by molar-refractivity contribution is -0.159. The third kappa shape index (κ3) is 29.8. The summed E-state index contributed by atoms with van der Waals surface area (Å²) in [6.07, 6.45) is 7.15. The minimum Gasteiger partial charge on any atom is -0.462 e. The molecule has 0 unspecified atom stereocenters. The van der Waals surface area contributed by atoms with Crippen molar-refractivity contribution in [2.45, 2.75) is 40.5 Å². The van der Waals surface area contributed by atoms with E-state index in [1.807, 2.05) is 6.92 Å². The number of amides is 1. The molecule has 0 aromatic rings. The largest absolute Gasteiger partial charge is 0.462 e. The first-order valence-electron chi connectivity index (χ1n) is 12.2. The van der Waals surface area contributed by atoms with Gasteiger partial charge in [-0.05, 0) is 31.8 Å². The van der Waals surface area contributed by atoms with Crippen LogP contribution in [0.5, 0.6) is 0 Å². The van der Waals surface area contributed by atoms with Gasteiger partial charge in [-0.2, -0.15) is 0 Å². The number of allylic oxidation sites excluding steroid dienone is 2. The number of isocyanates is 2. The Labute approximate surface area is 250 Å². The number of aliphatic hydroxyl groups excluding tert-OH is 1. The molecule has 15 heteroatoms. The molecule has 0 saturated heterocycles. The van der Waals surface area contributed by atoms with Crippen molar-refractivity contribution in [3.8, 4) is 0 Å². The Hall–Kier alpha value is -4.97. The number of nitrogens with two attached hydrogens (primary N) is 1. The van der Waals surface area contributed by atoms with Gasteiger partial charge in [-0.1, -0.05) is 39.2 Å². The van der Waals surface area contributed by atoms with Crippen molar-refractivity contribution in [2.75, 3.05) is 33.0 Å². The van der Waals surface area contributed by atoms with Gasteiger partial charge in [0.2, 0.25) is 12.2 Å². The third-order valence-corrected chi connectivity index (χ3v) is 4.50. The molecule has 0 aromatic carbocycles. The van der Waals surface area contributed by atoms with E-state index in [1.165, 1.54) is 5.57 Å². The van der Waals surface area contributed by atoms with Crippen LogP contribution < -0.4 is 5.73 Å². The highest BCUT2D eigenvalue weighted by Crippen LogP contribution is 2.32. The summed E-state index contributed by atoms with van der Waals surface area (Å²) in [5, 5.41) is 20.3. The fourth-order valence-corrected chi connectivity index (χ4v) is 2.92. The second-order valence-corrected chi connectivity index (χ2v) is 9.02. The van der Waals surface area contributed by atoms with E-state index in [-0.39, 0.29) is 31.0 Å². The SMILES string of the molecule is C=CC(=O)OCC(CO)(COC(=O)C=C)COC(=O)C=C.CC1=CC(=O)CC(C)(C)C1.CCOC(N)=O.N=C=O.N=C=O. The first-order chi connectivity index (χ1) is 20.0. The lowest BCUT2D eigenvalue weighted by Gasteiger charge is -2.29. The van der Waals surface area contributed by atoms with Gasteiger partial charge in [0.05, 0.1) is 18.6 Å². The van der Waals surface area contributed by atoms with Crippen LogP contribution >= 0.6 is 0 Å². The monoisotopic (exact) mass is 611 g/mol. The molecule has 1 aliphatic carbocycles. The Bertz CT molecular complexity index is 964. The molecule has 0 aromatic heterocycles. The van der Waals surface area contributed by atoms with Crippen LogP contribution in [0.15, 0.2) is 49.6 Å². The summed E-state index contributed by atoms with van der Waals surface area (Å²) in [6, 6.07) is 0. The Kier molecular flexibility index (Phi) is 28.5. The van der Waals surface area contributed by atoms with Crippen molar-refractivity contribution < 1.29 is 57.6 Å². The smallest absolute Gasteiger partial charge is 0.404 e. The summed E-state index contributed by atoms with van der Waals surface area (Å²) in [5.41, 5.74) is 4.69. The molecule has 1 amide bonds. The maximum Gasteiger partial charge on any atom is 0.404 e. The molecule has 0 heterocycles. The van der Waals surface area contributed by atoms with Crippen LogP contribution in [0.25, 0.3) is 0 Å². The number of ether oxygens (including phenoxy) is 4. The average Bonchev–Trinajstić information content (AvgIpc) is 2.92. The Morgan fingerprint density at radius 1 is 0.930 bits per heavy atom. The predicted octanol–water partition coefficient (Wildman–Crippen LogP) is 2.38. The minimum atomic E-state index is -1.28. The molecular formula is C28H41N3O12. The average molecular weight is 612 g/mol. The van der Waals surface area contributed by atoms with Gasteiger partial charge >= 0.3 is 24.0 Å². The molecule has 0 atom stereocenters. The van der Waals surface area contributed by atoms with E-state index in [1.54, 1.807) is 13.0 Å². The van der Waals surface area contributed by atoms with Gasteiger partial charge in [0.25, 0.3) is 0 Å². The van der Waals surface area contributed by atoms with Crippen LogP contribution in [0.4, 0.5) is 4.79 Å². The highest BCUT2D eigenvalue weighted by atomic mass is 16.6. The summed E-state index contributed by atoms with van der Waals surface area (Å²) < 4.78 is 18.7. The number of nitrogens with one attached hydrogen (secondary N) is 2. The zero-order chi connectivity index (χ0) is 34.5. The summed E-state index contributed by atoms with van der Waals surface area (Å²) >= 11 is 0. The van der Waals surface area contributed by atoms with Gasteiger partial charge in [0.1, 0.15) is 19.8 Å².